The monoisotopic (exact) mass is 312 g/mol. The lowest BCUT2D eigenvalue weighted by atomic mass is 10.2. The third-order valence-corrected chi connectivity index (χ3v) is 3.45. The Balaban J connectivity index is 2.03. The van der Waals surface area contributed by atoms with Crippen LogP contribution in [-0.4, -0.2) is 52.2 Å². The third kappa shape index (κ3) is 3.97. The number of piperazine rings is 1. The molecule has 0 aliphatic carbocycles. The van der Waals surface area contributed by atoms with Crippen molar-refractivity contribution < 1.29 is 9.53 Å². The first-order valence-electron chi connectivity index (χ1n) is 6.99. The number of anilines is 1. The van der Waals surface area contributed by atoms with Gasteiger partial charge in [0.2, 0.25) is 0 Å². The highest BCUT2D eigenvalue weighted by atomic mass is 35.5. The Kier molecular flexibility index (Phi) is 4.56. The van der Waals surface area contributed by atoms with E-state index in [-0.39, 0.29) is 12.1 Å². The van der Waals surface area contributed by atoms with Gasteiger partial charge in [0.15, 0.2) is 11.0 Å². The molecule has 1 atom stereocenters. The largest absolute Gasteiger partial charge is 0.444 e. The van der Waals surface area contributed by atoms with E-state index in [9.17, 15) is 4.79 Å². The van der Waals surface area contributed by atoms with Crippen LogP contribution in [0.3, 0.4) is 0 Å². The van der Waals surface area contributed by atoms with Gasteiger partial charge in [-0.3, -0.25) is 0 Å². The number of hydrogen-bond acceptors (Lipinski definition) is 5. The van der Waals surface area contributed by atoms with Crippen molar-refractivity contribution in [3.05, 3.63) is 17.5 Å². The van der Waals surface area contributed by atoms with E-state index in [1.165, 1.54) is 0 Å². The summed E-state index contributed by atoms with van der Waals surface area (Å²) in [6.07, 6.45) is 2.90. The normalized spacial score (nSPS) is 19.6. The predicted octanol–water partition coefficient (Wildman–Crippen LogP) is 2.58. The molecule has 0 N–H and O–H groups in total. The molecule has 0 spiro atoms. The maximum Gasteiger partial charge on any atom is 0.410 e. The fourth-order valence-electron chi connectivity index (χ4n) is 2.27. The fourth-order valence-corrected chi connectivity index (χ4v) is 2.48. The van der Waals surface area contributed by atoms with E-state index in [1.54, 1.807) is 17.3 Å². The molecule has 2 rings (SSSR count). The van der Waals surface area contributed by atoms with Crippen molar-refractivity contribution in [2.24, 2.45) is 0 Å². The van der Waals surface area contributed by atoms with Crippen LogP contribution in [0.15, 0.2) is 12.4 Å². The SMILES string of the molecule is CC1CN(C(=O)OC(C)(C)C)CCN1c1nccnc1Cl. The lowest BCUT2D eigenvalue weighted by Crippen LogP contribution is -2.55. The molecule has 21 heavy (non-hydrogen) atoms. The molecule has 116 valence electrons. The van der Waals surface area contributed by atoms with Crippen LogP contribution >= 0.6 is 11.6 Å². The van der Waals surface area contributed by atoms with Gasteiger partial charge in [0.25, 0.3) is 0 Å². The first-order chi connectivity index (χ1) is 9.78. The zero-order valence-corrected chi connectivity index (χ0v) is 13.6. The minimum absolute atomic E-state index is 0.0977. The van der Waals surface area contributed by atoms with Crippen LogP contribution in [0.4, 0.5) is 10.6 Å². The average Bonchev–Trinajstić information content (AvgIpc) is 2.38. The molecule has 0 aromatic carbocycles. The van der Waals surface area contributed by atoms with Crippen LogP contribution in [0.5, 0.6) is 0 Å². The molecule has 1 aromatic rings. The van der Waals surface area contributed by atoms with E-state index in [0.29, 0.717) is 30.6 Å². The molecule has 1 fully saturated rings. The molecular weight excluding hydrogens is 292 g/mol. The van der Waals surface area contributed by atoms with E-state index < -0.39 is 5.60 Å². The lowest BCUT2D eigenvalue weighted by Gasteiger charge is -2.40. The van der Waals surface area contributed by atoms with E-state index in [2.05, 4.69) is 14.9 Å². The van der Waals surface area contributed by atoms with Crippen LogP contribution in [0.1, 0.15) is 27.7 Å². The number of carbonyl (C=O) groups excluding carboxylic acids is 1. The molecule has 2 heterocycles. The molecular formula is C14H21ClN4O2. The van der Waals surface area contributed by atoms with Gasteiger partial charge in [-0.05, 0) is 27.7 Å². The van der Waals surface area contributed by atoms with Crippen molar-refractivity contribution in [1.82, 2.24) is 14.9 Å². The van der Waals surface area contributed by atoms with Crippen LogP contribution in [0.2, 0.25) is 5.15 Å². The van der Waals surface area contributed by atoms with E-state index in [4.69, 9.17) is 16.3 Å². The topological polar surface area (TPSA) is 58.6 Å². The Hall–Kier alpha value is -1.56. The van der Waals surface area contributed by atoms with Crippen LogP contribution in [-0.2, 0) is 4.74 Å². The van der Waals surface area contributed by atoms with E-state index in [1.807, 2.05) is 27.7 Å². The summed E-state index contributed by atoms with van der Waals surface area (Å²) in [4.78, 5) is 24.2. The molecule has 1 amide bonds. The minimum Gasteiger partial charge on any atom is -0.444 e. The molecule has 6 nitrogen and oxygen atoms in total. The second-order valence-corrected chi connectivity index (χ2v) is 6.50. The first kappa shape index (κ1) is 15.8. The van der Waals surface area contributed by atoms with Gasteiger partial charge in [-0.15, -0.1) is 0 Å². The maximum absolute atomic E-state index is 12.1. The quantitative estimate of drug-likeness (QED) is 0.797. The van der Waals surface area contributed by atoms with Crippen LogP contribution < -0.4 is 4.90 Å². The van der Waals surface area contributed by atoms with Gasteiger partial charge in [-0.25, -0.2) is 14.8 Å². The highest BCUT2D eigenvalue weighted by Gasteiger charge is 2.31. The fraction of sp³-hybridized carbons (Fsp3) is 0.643. The summed E-state index contributed by atoms with van der Waals surface area (Å²) < 4.78 is 5.40. The summed E-state index contributed by atoms with van der Waals surface area (Å²) in [5, 5.41) is 0.384. The number of rotatable bonds is 1. The van der Waals surface area contributed by atoms with E-state index >= 15 is 0 Å². The number of halogens is 1. The second-order valence-electron chi connectivity index (χ2n) is 6.14. The van der Waals surface area contributed by atoms with Crippen molar-refractivity contribution in [2.75, 3.05) is 24.5 Å². The van der Waals surface area contributed by atoms with E-state index in [0.717, 1.165) is 0 Å². The van der Waals surface area contributed by atoms with Gasteiger partial charge >= 0.3 is 6.09 Å². The summed E-state index contributed by atoms with van der Waals surface area (Å²) in [5.74, 6) is 0.663. The van der Waals surface area contributed by atoms with Gasteiger partial charge < -0.3 is 14.5 Å². The summed E-state index contributed by atoms with van der Waals surface area (Å²) >= 11 is 6.09. The van der Waals surface area contributed by atoms with Crippen molar-refractivity contribution >= 4 is 23.5 Å². The summed E-state index contributed by atoms with van der Waals surface area (Å²) in [7, 11) is 0. The summed E-state index contributed by atoms with van der Waals surface area (Å²) in [6.45, 7) is 9.42. The molecule has 1 aliphatic heterocycles. The van der Waals surface area contributed by atoms with Gasteiger partial charge in [-0.1, -0.05) is 11.6 Å². The third-order valence-electron chi connectivity index (χ3n) is 3.19. The summed E-state index contributed by atoms with van der Waals surface area (Å²) in [6, 6.07) is 0.0977. The predicted molar refractivity (Wildman–Crippen MR) is 81.7 cm³/mol. The average molecular weight is 313 g/mol. The zero-order valence-electron chi connectivity index (χ0n) is 12.8. The van der Waals surface area contributed by atoms with Gasteiger partial charge in [0.05, 0.1) is 0 Å². The Labute approximate surface area is 130 Å². The smallest absolute Gasteiger partial charge is 0.410 e. The van der Waals surface area contributed by atoms with Crippen LogP contribution in [0.25, 0.3) is 0 Å². The molecule has 7 heteroatoms. The standard InChI is InChI=1S/C14H21ClN4O2/c1-10-9-18(13(20)21-14(2,3)4)7-8-19(10)12-11(15)16-5-6-17-12/h5-6,10H,7-9H2,1-4H3. The van der Waals surface area contributed by atoms with Crippen molar-refractivity contribution in [1.29, 1.82) is 0 Å². The van der Waals surface area contributed by atoms with Crippen LogP contribution in [0, 0.1) is 0 Å². The van der Waals surface area contributed by atoms with Gasteiger partial charge in [-0.2, -0.15) is 0 Å². The number of carbonyl (C=O) groups is 1. The van der Waals surface area contributed by atoms with Gasteiger partial charge in [0, 0.05) is 38.1 Å². The summed E-state index contributed by atoms with van der Waals surface area (Å²) in [5.41, 5.74) is -0.480. The number of hydrogen-bond donors (Lipinski definition) is 0. The Morgan fingerprint density at radius 3 is 2.57 bits per heavy atom. The Bertz CT molecular complexity index is 518. The molecule has 1 unspecified atom stereocenters. The number of nitrogens with zero attached hydrogens (tertiary/aromatic N) is 4. The van der Waals surface area contributed by atoms with Crippen molar-refractivity contribution in [3.63, 3.8) is 0 Å². The lowest BCUT2D eigenvalue weighted by molar-refractivity contribution is 0.0218. The van der Waals surface area contributed by atoms with Gasteiger partial charge in [0.1, 0.15) is 5.60 Å². The first-order valence-corrected chi connectivity index (χ1v) is 7.37. The highest BCUT2D eigenvalue weighted by Crippen LogP contribution is 2.24. The molecule has 1 saturated heterocycles. The maximum atomic E-state index is 12.1. The van der Waals surface area contributed by atoms with Crippen molar-refractivity contribution in [2.45, 2.75) is 39.3 Å². The number of aromatic nitrogens is 2. The second kappa shape index (κ2) is 6.05. The molecule has 1 aromatic heterocycles. The Morgan fingerprint density at radius 1 is 1.33 bits per heavy atom. The minimum atomic E-state index is -0.480. The molecule has 1 aliphatic rings. The molecule has 0 radical (unpaired) electrons. The zero-order chi connectivity index (χ0) is 15.6. The number of amides is 1. The Morgan fingerprint density at radius 2 is 2.00 bits per heavy atom. The number of ether oxygens (including phenoxy) is 1. The van der Waals surface area contributed by atoms with Crippen molar-refractivity contribution in [3.8, 4) is 0 Å². The molecule has 0 bridgehead atoms. The molecule has 0 saturated carbocycles. The highest BCUT2D eigenvalue weighted by molar-refractivity contribution is 6.31.